The van der Waals surface area contributed by atoms with E-state index in [1.54, 1.807) is 0 Å². The Morgan fingerprint density at radius 3 is 2.50 bits per heavy atom. The van der Waals surface area contributed by atoms with Gasteiger partial charge in [0.1, 0.15) is 0 Å². The maximum atomic E-state index is 12.5. The van der Waals surface area contributed by atoms with Crippen molar-refractivity contribution in [3.05, 3.63) is 65.1 Å². The highest BCUT2D eigenvalue weighted by Gasteiger charge is 2.24. The van der Waals surface area contributed by atoms with Gasteiger partial charge in [-0.3, -0.25) is 4.79 Å². The van der Waals surface area contributed by atoms with Gasteiger partial charge in [-0.15, -0.1) is 0 Å². The molecule has 1 amide bonds. The van der Waals surface area contributed by atoms with E-state index in [1.165, 1.54) is 24.1 Å². The molecule has 0 aliphatic carbocycles. The second-order valence-electron chi connectivity index (χ2n) is 7.31. The van der Waals surface area contributed by atoms with Crippen molar-refractivity contribution in [1.82, 2.24) is 15.2 Å². The van der Waals surface area contributed by atoms with Crippen molar-refractivity contribution in [3.8, 4) is 0 Å². The molecule has 4 rings (SSSR count). The first kappa shape index (κ1) is 18.9. The third-order valence-electron chi connectivity index (χ3n) is 5.26. The summed E-state index contributed by atoms with van der Waals surface area (Å²) in [4.78, 5) is 20.2. The van der Waals surface area contributed by atoms with Crippen molar-refractivity contribution in [2.45, 2.75) is 12.5 Å². The molecule has 1 atom stereocenters. The number of hydrazine groups is 1. The van der Waals surface area contributed by atoms with E-state index in [2.05, 4.69) is 51.6 Å². The average molecular weight is 396 g/mol. The molecule has 2 aromatic rings. The van der Waals surface area contributed by atoms with Crippen LogP contribution in [0.5, 0.6) is 0 Å². The van der Waals surface area contributed by atoms with Crippen LogP contribution in [0.2, 0.25) is 0 Å². The number of carbonyl (C=O) groups excluding carboxylic acids is 1. The number of carbonyl (C=O) groups is 1. The summed E-state index contributed by atoms with van der Waals surface area (Å²) in [5.74, 6) is -0.103. The van der Waals surface area contributed by atoms with E-state index >= 15 is 0 Å². The minimum atomic E-state index is -0.103. The largest absolute Gasteiger partial charge is 0.370 e. The molecular weight excluding hydrogens is 370 g/mol. The highest BCUT2D eigenvalue weighted by molar-refractivity contribution is 8.00. The second-order valence-corrected chi connectivity index (χ2v) is 7.98. The Kier molecular flexibility index (Phi) is 5.57. The smallest absolute Gasteiger partial charge is 0.255 e. The van der Waals surface area contributed by atoms with Gasteiger partial charge in [0.25, 0.3) is 5.91 Å². The number of nitrogens with zero attached hydrogens (tertiary/aromatic N) is 2. The minimum Gasteiger partial charge on any atom is -0.370 e. The highest BCUT2D eigenvalue weighted by Crippen LogP contribution is 2.24. The highest BCUT2D eigenvalue weighted by atomic mass is 32.2. The van der Waals surface area contributed by atoms with Gasteiger partial charge in [-0.25, -0.2) is 0 Å². The molecule has 1 unspecified atom stereocenters. The lowest BCUT2D eigenvalue weighted by Gasteiger charge is -2.22. The quantitative estimate of drug-likeness (QED) is 0.677. The van der Waals surface area contributed by atoms with E-state index in [4.69, 9.17) is 0 Å². The van der Waals surface area contributed by atoms with Gasteiger partial charge in [-0.1, -0.05) is 12.1 Å². The average Bonchev–Trinajstić information content (AvgIpc) is 3.41. The molecule has 2 heterocycles. The zero-order chi connectivity index (χ0) is 19.5. The molecule has 146 valence electrons. The van der Waals surface area contributed by atoms with E-state index in [0.29, 0.717) is 11.6 Å². The summed E-state index contributed by atoms with van der Waals surface area (Å²) in [6, 6.07) is 16.3. The SMILES string of the molecule is CN(C)C1CCN(c2ccc(NC(=O)c3ccc(C4=CSNN4)cc3)cc2)C1. The predicted octanol–water partition coefficient (Wildman–Crippen LogP) is 3.13. The Hall–Kier alpha value is -2.48. The second kappa shape index (κ2) is 8.26. The zero-order valence-corrected chi connectivity index (χ0v) is 16.9. The van der Waals surface area contributed by atoms with E-state index in [1.807, 2.05) is 41.8 Å². The first-order valence-corrected chi connectivity index (χ1v) is 10.3. The molecule has 0 saturated carbocycles. The van der Waals surface area contributed by atoms with Gasteiger partial charge in [0.15, 0.2) is 0 Å². The molecule has 0 bridgehead atoms. The third-order valence-corrected chi connectivity index (χ3v) is 5.84. The van der Waals surface area contributed by atoms with E-state index < -0.39 is 0 Å². The molecule has 1 saturated heterocycles. The van der Waals surface area contributed by atoms with Crippen LogP contribution in [0.1, 0.15) is 22.3 Å². The number of nitrogens with one attached hydrogen (secondary N) is 3. The van der Waals surface area contributed by atoms with Gasteiger partial charge in [-0.05, 0) is 74.4 Å². The summed E-state index contributed by atoms with van der Waals surface area (Å²) in [6.45, 7) is 2.12. The molecule has 7 heteroatoms. The summed E-state index contributed by atoms with van der Waals surface area (Å²) in [7, 11) is 4.27. The zero-order valence-electron chi connectivity index (χ0n) is 16.1. The summed E-state index contributed by atoms with van der Waals surface area (Å²) in [6.07, 6.45) is 1.18. The van der Waals surface area contributed by atoms with Crippen LogP contribution < -0.4 is 20.5 Å². The summed E-state index contributed by atoms with van der Waals surface area (Å²) < 4.78 is 0. The van der Waals surface area contributed by atoms with Crippen LogP contribution >= 0.6 is 11.9 Å². The maximum absolute atomic E-state index is 12.5. The van der Waals surface area contributed by atoms with E-state index in [-0.39, 0.29) is 5.91 Å². The van der Waals surface area contributed by atoms with Crippen LogP contribution in [0.3, 0.4) is 0 Å². The topological polar surface area (TPSA) is 59.6 Å². The number of amides is 1. The van der Waals surface area contributed by atoms with Gasteiger partial charge < -0.3 is 20.5 Å². The van der Waals surface area contributed by atoms with Crippen molar-refractivity contribution in [1.29, 1.82) is 0 Å². The van der Waals surface area contributed by atoms with Crippen LogP contribution in [0, 0.1) is 0 Å². The Labute approximate surface area is 170 Å². The van der Waals surface area contributed by atoms with Gasteiger partial charge in [0.2, 0.25) is 0 Å². The van der Waals surface area contributed by atoms with Crippen molar-refractivity contribution in [3.63, 3.8) is 0 Å². The number of rotatable bonds is 5. The maximum Gasteiger partial charge on any atom is 0.255 e. The molecule has 0 radical (unpaired) electrons. The molecule has 2 aliphatic heterocycles. The molecule has 1 fully saturated rings. The van der Waals surface area contributed by atoms with Crippen molar-refractivity contribution >= 4 is 34.9 Å². The van der Waals surface area contributed by atoms with Crippen molar-refractivity contribution in [2.24, 2.45) is 0 Å². The molecular formula is C21H25N5OS. The fraction of sp³-hybridized carbons (Fsp3) is 0.286. The van der Waals surface area contributed by atoms with Crippen LogP contribution in [0.4, 0.5) is 11.4 Å². The first-order valence-electron chi connectivity index (χ1n) is 9.40. The lowest BCUT2D eigenvalue weighted by atomic mass is 10.1. The molecule has 2 aromatic carbocycles. The monoisotopic (exact) mass is 395 g/mol. The number of hydrogen-bond acceptors (Lipinski definition) is 6. The fourth-order valence-electron chi connectivity index (χ4n) is 3.50. The number of hydrogen-bond donors (Lipinski definition) is 3. The van der Waals surface area contributed by atoms with Crippen LogP contribution in [-0.4, -0.2) is 44.0 Å². The van der Waals surface area contributed by atoms with Gasteiger partial charge in [-0.2, -0.15) is 4.83 Å². The standard InChI is InChI=1S/C21H25N5OS/c1-25(2)19-11-12-26(13-19)18-9-7-17(8-10-18)22-21(27)16-5-3-15(4-6-16)20-14-28-24-23-20/h3-10,14,19,23-24H,11-13H2,1-2H3,(H,22,27). The number of benzene rings is 2. The molecule has 0 aromatic heterocycles. The minimum absolute atomic E-state index is 0.103. The molecule has 2 aliphatic rings. The Balaban J connectivity index is 1.37. The molecule has 3 N–H and O–H groups in total. The lowest BCUT2D eigenvalue weighted by molar-refractivity contribution is 0.102. The predicted molar refractivity (Wildman–Crippen MR) is 117 cm³/mol. The van der Waals surface area contributed by atoms with E-state index in [9.17, 15) is 4.79 Å². The van der Waals surface area contributed by atoms with E-state index in [0.717, 1.165) is 30.0 Å². The first-order chi connectivity index (χ1) is 13.6. The summed E-state index contributed by atoms with van der Waals surface area (Å²) >= 11 is 1.49. The summed E-state index contributed by atoms with van der Waals surface area (Å²) in [5.41, 5.74) is 7.76. The number of likely N-dealkylation sites (N-methyl/N-ethyl adjacent to an activating group) is 1. The normalized spacial score (nSPS) is 18.9. The molecule has 6 nitrogen and oxygen atoms in total. The Morgan fingerprint density at radius 1 is 1.14 bits per heavy atom. The van der Waals surface area contributed by atoms with Gasteiger partial charge >= 0.3 is 0 Å². The number of anilines is 2. The van der Waals surface area contributed by atoms with Crippen molar-refractivity contribution in [2.75, 3.05) is 37.4 Å². The fourth-order valence-corrected chi connectivity index (χ4v) is 4.04. The Bertz CT molecular complexity index is 863. The molecule has 28 heavy (non-hydrogen) atoms. The van der Waals surface area contributed by atoms with Crippen LogP contribution in [-0.2, 0) is 0 Å². The summed E-state index contributed by atoms with van der Waals surface area (Å²) in [5, 5.41) is 4.98. The van der Waals surface area contributed by atoms with Crippen LogP contribution in [0.15, 0.2) is 53.9 Å². The van der Waals surface area contributed by atoms with Crippen LogP contribution in [0.25, 0.3) is 5.70 Å². The van der Waals surface area contributed by atoms with Gasteiger partial charge in [0, 0.05) is 41.5 Å². The molecule has 0 spiro atoms. The third kappa shape index (κ3) is 4.16. The van der Waals surface area contributed by atoms with Gasteiger partial charge in [0.05, 0.1) is 5.70 Å². The Morgan fingerprint density at radius 2 is 1.89 bits per heavy atom. The lowest BCUT2D eigenvalue weighted by Crippen LogP contribution is -2.31. The van der Waals surface area contributed by atoms with Crippen molar-refractivity contribution < 1.29 is 4.79 Å².